The third-order valence-electron chi connectivity index (χ3n) is 16.8. The zero-order chi connectivity index (χ0) is 64.4. The largest absolute Gasteiger partial charge is 0.472 e. The summed E-state index contributed by atoms with van der Waals surface area (Å²) in [6, 6.07) is 0. The molecule has 0 heterocycles. The number of rotatable bonds is 72. The first kappa shape index (κ1) is 86.2. The van der Waals surface area contributed by atoms with Crippen molar-refractivity contribution in [3.8, 4) is 0 Å². The van der Waals surface area contributed by atoms with Gasteiger partial charge in [-0.2, -0.15) is 0 Å². The lowest BCUT2D eigenvalue weighted by molar-refractivity contribution is -0.161. The summed E-state index contributed by atoms with van der Waals surface area (Å²) in [6.45, 7) is 3.68. The van der Waals surface area contributed by atoms with Crippen LogP contribution in [0.25, 0.3) is 0 Å². The van der Waals surface area contributed by atoms with E-state index in [0.717, 1.165) is 89.9 Å². The van der Waals surface area contributed by atoms with Crippen molar-refractivity contribution in [3.63, 3.8) is 0 Å². The fourth-order valence-corrected chi connectivity index (χ4v) is 12.0. The molecular formula is C79H144NO8P. The highest BCUT2D eigenvalue weighted by Crippen LogP contribution is 2.43. The summed E-state index contributed by atoms with van der Waals surface area (Å²) in [5.74, 6) is -0.822. The summed E-state index contributed by atoms with van der Waals surface area (Å²) in [4.78, 5) is 35.4. The topological polar surface area (TPSA) is 134 Å². The molecule has 0 aromatic rings. The molecular weight excluding hydrogens is 1120 g/mol. The maximum atomic E-state index is 12.8. The molecule has 0 bridgehead atoms. The Bertz CT molecular complexity index is 1740. The van der Waals surface area contributed by atoms with Crippen molar-refractivity contribution < 1.29 is 37.6 Å². The first-order valence-electron chi connectivity index (χ1n) is 38.1. The van der Waals surface area contributed by atoms with E-state index in [1.165, 1.54) is 250 Å². The summed E-state index contributed by atoms with van der Waals surface area (Å²) in [7, 11) is -4.40. The number of carbonyl (C=O) groups is 2. The zero-order valence-corrected chi connectivity index (χ0v) is 59.3. The molecule has 0 fully saturated rings. The third-order valence-corrected chi connectivity index (χ3v) is 17.8. The van der Waals surface area contributed by atoms with Crippen LogP contribution < -0.4 is 5.73 Å². The summed E-state index contributed by atoms with van der Waals surface area (Å²) >= 11 is 0. The first-order valence-corrected chi connectivity index (χ1v) is 39.6. The number of allylic oxidation sites excluding steroid dienone is 14. The van der Waals surface area contributed by atoms with Gasteiger partial charge >= 0.3 is 19.8 Å². The molecule has 0 saturated heterocycles. The highest BCUT2D eigenvalue weighted by atomic mass is 31.2. The lowest BCUT2D eigenvalue weighted by atomic mass is 10.0. The molecule has 0 rings (SSSR count). The fourth-order valence-electron chi connectivity index (χ4n) is 11.2. The van der Waals surface area contributed by atoms with Crippen molar-refractivity contribution in [1.82, 2.24) is 0 Å². The van der Waals surface area contributed by atoms with E-state index in [4.69, 9.17) is 24.3 Å². The highest BCUT2D eigenvalue weighted by molar-refractivity contribution is 7.47. The van der Waals surface area contributed by atoms with E-state index < -0.39 is 26.5 Å². The van der Waals surface area contributed by atoms with Crippen molar-refractivity contribution in [3.05, 3.63) is 85.1 Å². The number of hydrogen-bond acceptors (Lipinski definition) is 8. The van der Waals surface area contributed by atoms with E-state index in [1.54, 1.807) is 0 Å². The summed E-state index contributed by atoms with van der Waals surface area (Å²) < 4.78 is 33.2. The SMILES string of the molecule is CC/C=C\C/C=C\C/C=C\C/C=C\C/C=C\C/C=C\C/C=C\CCCCCCCCCCCC(=O)OC(COC(=O)CCCCCCCCCCCCCCCCCCCCCCCCCCCCCCCCCCCCCCC)COP(=O)(O)OCCN. The van der Waals surface area contributed by atoms with Crippen LogP contribution >= 0.6 is 7.82 Å². The van der Waals surface area contributed by atoms with Crippen molar-refractivity contribution >= 4 is 19.8 Å². The second kappa shape index (κ2) is 74.2. The molecule has 0 aliphatic heterocycles. The number of hydrogen-bond donors (Lipinski definition) is 2. The summed E-state index contributed by atoms with van der Waals surface area (Å²) in [6.07, 6.45) is 100.0. The minimum Gasteiger partial charge on any atom is -0.462 e. The Labute approximate surface area is 551 Å². The van der Waals surface area contributed by atoms with Crippen LogP contribution in [0.4, 0.5) is 0 Å². The molecule has 0 aromatic carbocycles. The molecule has 0 amide bonds. The summed E-state index contributed by atoms with van der Waals surface area (Å²) in [5.41, 5.74) is 5.41. The first-order chi connectivity index (χ1) is 43.8. The average molecular weight is 1270 g/mol. The normalized spacial score (nSPS) is 13.3. The Morgan fingerprint density at radius 1 is 0.348 bits per heavy atom. The molecule has 9 nitrogen and oxygen atoms in total. The summed E-state index contributed by atoms with van der Waals surface area (Å²) in [5, 5.41) is 0. The van der Waals surface area contributed by atoms with Gasteiger partial charge in [-0.1, -0.05) is 375 Å². The van der Waals surface area contributed by atoms with Gasteiger partial charge in [0, 0.05) is 19.4 Å². The molecule has 2 unspecified atom stereocenters. The highest BCUT2D eigenvalue weighted by Gasteiger charge is 2.26. The van der Waals surface area contributed by atoms with Crippen LogP contribution in [0.1, 0.15) is 373 Å². The van der Waals surface area contributed by atoms with E-state index in [9.17, 15) is 19.0 Å². The molecule has 0 radical (unpaired) electrons. The molecule has 0 aliphatic rings. The number of carbonyl (C=O) groups excluding carboxylic acids is 2. The van der Waals surface area contributed by atoms with E-state index >= 15 is 0 Å². The standard InChI is InChI=1S/C79H144NO8P/c1-3-5-7-9-11-13-15-17-19-21-23-25-27-29-31-33-35-36-37-38-39-40-42-43-45-47-49-51-53-55-57-59-61-63-65-67-69-71-78(81)85-75-77(76-87-89(83,84)86-74-73-80)88-79(82)72-70-68-66-64-62-60-58-56-54-52-50-48-46-44-41-34-32-30-28-26-24-22-20-18-16-14-12-10-8-6-4-2/h6,8,12,14,18,20,24,26,30,32,41,44,48,50,77H,3-5,7,9-11,13,15-17,19,21-23,25,27-29,31,33-40,42-43,45-47,49,51-76,80H2,1-2H3,(H,83,84)/b8-6-,14-12-,20-18-,26-24-,32-30-,44-41-,50-48-. The quantitative estimate of drug-likeness (QED) is 0.0264. The van der Waals surface area contributed by atoms with Crippen LogP contribution in [-0.2, 0) is 32.7 Å². The average Bonchev–Trinajstić information content (AvgIpc) is 3.68. The predicted molar refractivity (Wildman–Crippen MR) is 386 cm³/mol. The minimum absolute atomic E-state index is 0.0505. The van der Waals surface area contributed by atoms with Gasteiger partial charge in [0.05, 0.1) is 13.2 Å². The lowest BCUT2D eigenvalue weighted by Gasteiger charge is -2.19. The Morgan fingerprint density at radius 2 is 0.618 bits per heavy atom. The van der Waals surface area contributed by atoms with Crippen molar-refractivity contribution in [1.29, 1.82) is 0 Å². The molecule has 0 aliphatic carbocycles. The number of phosphoric ester groups is 1. The molecule has 0 spiro atoms. The van der Waals surface area contributed by atoms with E-state index in [0.29, 0.717) is 6.42 Å². The van der Waals surface area contributed by atoms with Gasteiger partial charge in [0.25, 0.3) is 0 Å². The van der Waals surface area contributed by atoms with Crippen LogP contribution in [0.15, 0.2) is 85.1 Å². The maximum Gasteiger partial charge on any atom is 0.472 e. The second-order valence-corrected chi connectivity index (χ2v) is 27.0. The molecule has 2 atom stereocenters. The Balaban J connectivity index is 3.82. The second-order valence-electron chi connectivity index (χ2n) is 25.5. The van der Waals surface area contributed by atoms with Crippen molar-refractivity contribution in [2.45, 2.75) is 380 Å². The monoisotopic (exact) mass is 1270 g/mol. The lowest BCUT2D eigenvalue weighted by Crippen LogP contribution is -2.29. The molecule has 10 heteroatoms. The Morgan fingerprint density at radius 3 is 0.921 bits per heavy atom. The Kier molecular flexibility index (Phi) is 71.9. The molecule has 0 saturated carbocycles. The minimum atomic E-state index is -4.40. The van der Waals surface area contributed by atoms with E-state index in [1.807, 2.05) is 0 Å². The van der Waals surface area contributed by atoms with Gasteiger partial charge < -0.3 is 20.1 Å². The fraction of sp³-hybridized carbons (Fsp3) is 0.797. The number of ether oxygens (including phenoxy) is 2. The van der Waals surface area contributed by atoms with E-state index in [2.05, 4.69) is 98.9 Å². The third kappa shape index (κ3) is 74.1. The Hall–Kier alpha value is -2.81. The van der Waals surface area contributed by atoms with Crippen LogP contribution in [-0.4, -0.2) is 49.3 Å². The van der Waals surface area contributed by atoms with Crippen LogP contribution in [0, 0.1) is 0 Å². The number of phosphoric acid groups is 1. The van der Waals surface area contributed by atoms with Crippen LogP contribution in [0.5, 0.6) is 0 Å². The van der Waals surface area contributed by atoms with Crippen LogP contribution in [0.3, 0.4) is 0 Å². The van der Waals surface area contributed by atoms with Gasteiger partial charge in [0.1, 0.15) is 6.61 Å². The molecule has 0 aromatic heterocycles. The number of esters is 2. The van der Waals surface area contributed by atoms with Gasteiger partial charge in [-0.15, -0.1) is 0 Å². The predicted octanol–water partition coefficient (Wildman–Crippen LogP) is 25.3. The van der Waals surface area contributed by atoms with Crippen LogP contribution in [0.2, 0.25) is 0 Å². The maximum absolute atomic E-state index is 12.8. The molecule has 89 heavy (non-hydrogen) atoms. The van der Waals surface area contributed by atoms with Gasteiger partial charge in [0.2, 0.25) is 0 Å². The smallest absolute Gasteiger partial charge is 0.462 e. The molecule has 3 N–H and O–H groups in total. The van der Waals surface area contributed by atoms with Gasteiger partial charge in [-0.05, 0) is 70.6 Å². The van der Waals surface area contributed by atoms with Crippen molar-refractivity contribution in [2.24, 2.45) is 5.73 Å². The van der Waals surface area contributed by atoms with Crippen molar-refractivity contribution in [2.75, 3.05) is 26.4 Å². The van der Waals surface area contributed by atoms with E-state index in [-0.39, 0.29) is 38.6 Å². The zero-order valence-electron chi connectivity index (χ0n) is 58.4. The van der Waals surface area contributed by atoms with Gasteiger partial charge in [-0.25, -0.2) is 4.57 Å². The number of nitrogens with two attached hydrogens (primary N) is 1. The van der Waals surface area contributed by atoms with Gasteiger partial charge in [0.15, 0.2) is 6.10 Å². The molecule has 518 valence electrons. The number of unbranched alkanes of at least 4 members (excludes halogenated alkanes) is 45. The van der Waals surface area contributed by atoms with Gasteiger partial charge in [-0.3, -0.25) is 18.6 Å².